The summed E-state index contributed by atoms with van der Waals surface area (Å²) in [6, 6.07) is 13.3. The molecule has 0 heterocycles. The Morgan fingerprint density at radius 2 is 1.58 bits per heavy atom. The molecule has 0 spiro atoms. The first kappa shape index (κ1) is 13.7. The van der Waals surface area contributed by atoms with Crippen LogP contribution in [0.15, 0.2) is 48.5 Å². The summed E-state index contributed by atoms with van der Waals surface area (Å²) >= 11 is 0. The van der Waals surface area contributed by atoms with Crippen molar-refractivity contribution >= 4 is 9.84 Å². The third kappa shape index (κ3) is 3.89. The van der Waals surface area contributed by atoms with Gasteiger partial charge in [-0.3, -0.25) is 0 Å². The number of rotatable bonds is 4. The van der Waals surface area contributed by atoms with Crippen LogP contribution < -0.4 is 0 Å². The van der Waals surface area contributed by atoms with Crippen molar-refractivity contribution in [1.82, 2.24) is 0 Å². The van der Waals surface area contributed by atoms with E-state index in [-0.39, 0.29) is 17.1 Å². The first-order chi connectivity index (χ1) is 8.96. The molecule has 0 saturated carbocycles. The maximum Gasteiger partial charge on any atom is 0.158 e. The van der Waals surface area contributed by atoms with E-state index >= 15 is 0 Å². The fourth-order valence-corrected chi connectivity index (χ4v) is 3.35. The molecule has 0 aliphatic carbocycles. The highest BCUT2D eigenvalue weighted by Gasteiger charge is 2.15. The molecule has 0 aromatic heterocycles. The van der Waals surface area contributed by atoms with Gasteiger partial charge in [0.05, 0.1) is 11.5 Å². The van der Waals surface area contributed by atoms with Crippen molar-refractivity contribution in [2.75, 3.05) is 0 Å². The van der Waals surface area contributed by atoms with E-state index < -0.39 is 15.7 Å². The summed E-state index contributed by atoms with van der Waals surface area (Å²) in [6.45, 7) is 1.94. The zero-order valence-electron chi connectivity index (χ0n) is 10.6. The Morgan fingerprint density at radius 1 is 0.947 bits per heavy atom. The summed E-state index contributed by atoms with van der Waals surface area (Å²) < 4.78 is 37.5. The normalized spacial score (nSPS) is 11.5. The van der Waals surface area contributed by atoms with Crippen molar-refractivity contribution in [3.8, 4) is 0 Å². The molecular weight excluding hydrogens is 263 g/mol. The van der Waals surface area contributed by atoms with Gasteiger partial charge in [0.1, 0.15) is 5.82 Å². The molecule has 0 bridgehead atoms. The molecule has 0 aliphatic rings. The van der Waals surface area contributed by atoms with Crippen molar-refractivity contribution in [3.63, 3.8) is 0 Å². The van der Waals surface area contributed by atoms with Crippen LogP contribution in [0.25, 0.3) is 0 Å². The van der Waals surface area contributed by atoms with Crippen LogP contribution in [0.3, 0.4) is 0 Å². The number of sulfone groups is 1. The zero-order chi connectivity index (χ0) is 13.9. The topological polar surface area (TPSA) is 34.1 Å². The Balaban J connectivity index is 2.15. The van der Waals surface area contributed by atoms with Gasteiger partial charge in [-0.15, -0.1) is 0 Å². The van der Waals surface area contributed by atoms with E-state index in [1.807, 2.05) is 19.1 Å². The molecule has 0 saturated heterocycles. The highest BCUT2D eigenvalue weighted by Crippen LogP contribution is 2.15. The predicted molar refractivity (Wildman–Crippen MR) is 73.9 cm³/mol. The van der Waals surface area contributed by atoms with Gasteiger partial charge in [-0.25, -0.2) is 12.8 Å². The van der Waals surface area contributed by atoms with Gasteiger partial charge in [0.15, 0.2) is 9.84 Å². The lowest BCUT2D eigenvalue weighted by atomic mass is 10.2. The van der Waals surface area contributed by atoms with E-state index in [1.54, 1.807) is 24.3 Å². The molecule has 0 atom stereocenters. The molecule has 0 radical (unpaired) electrons. The smallest absolute Gasteiger partial charge is 0.158 e. The van der Waals surface area contributed by atoms with Gasteiger partial charge in [-0.2, -0.15) is 0 Å². The Labute approximate surface area is 112 Å². The molecule has 0 unspecified atom stereocenters. The van der Waals surface area contributed by atoms with Crippen LogP contribution in [0.5, 0.6) is 0 Å². The molecule has 0 amide bonds. The average molecular weight is 278 g/mol. The zero-order valence-corrected chi connectivity index (χ0v) is 11.5. The van der Waals surface area contributed by atoms with Gasteiger partial charge in [-0.05, 0) is 18.6 Å². The van der Waals surface area contributed by atoms with Crippen LogP contribution in [0, 0.1) is 12.7 Å². The SMILES string of the molecule is Cc1ccc(CS(=O)(=O)Cc2ccccc2F)cc1. The predicted octanol–water partition coefficient (Wildman–Crippen LogP) is 3.25. The van der Waals surface area contributed by atoms with Gasteiger partial charge in [0.2, 0.25) is 0 Å². The summed E-state index contributed by atoms with van der Waals surface area (Å²) in [5.41, 5.74) is 2.02. The molecule has 0 aliphatic heterocycles. The number of hydrogen-bond acceptors (Lipinski definition) is 2. The van der Waals surface area contributed by atoms with Crippen molar-refractivity contribution < 1.29 is 12.8 Å². The van der Waals surface area contributed by atoms with E-state index in [4.69, 9.17) is 0 Å². The Bertz CT molecular complexity index is 661. The third-order valence-electron chi connectivity index (χ3n) is 2.84. The van der Waals surface area contributed by atoms with Crippen LogP contribution >= 0.6 is 0 Å². The van der Waals surface area contributed by atoms with Crippen molar-refractivity contribution in [2.24, 2.45) is 0 Å². The van der Waals surface area contributed by atoms with Crippen molar-refractivity contribution in [2.45, 2.75) is 18.4 Å². The minimum atomic E-state index is -3.36. The lowest BCUT2D eigenvalue weighted by Crippen LogP contribution is -2.08. The number of aryl methyl sites for hydroxylation is 1. The quantitative estimate of drug-likeness (QED) is 0.860. The second kappa shape index (κ2) is 5.53. The summed E-state index contributed by atoms with van der Waals surface area (Å²) in [7, 11) is -3.36. The molecule has 2 aromatic rings. The van der Waals surface area contributed by atoms with Crippen LogP contribution in [0.4, 0.5) is 4.39 Å². The Hall–Kier alpha value is -1.68. The fraction of sp³-hybridized carbons (Fsp3) is 0.200. The molecule has 19 heavy (non-hydrogen) atoms. The summed E-state index contributed by atoms with van der Waals surface area (Å²) in [4.78, 5) is 0. The molecule has 0 N–H and O–H groups in total. The van der Waals surface area contributed by atoms with E-state index in [1.165, 1.54) is 12.1 Å². The largest absolute Gasteiger partial charge is 0.228 e. The molecule has 100 valence electrons. The Kier molecular flexibility index (Phi) is 4.00. The summed E-state index contributed by atoms with van der Waals surface area (Å²) in [6.07, 6.45) is 0. The van der Waals surface area contributed by atoms with Crippen LogP contribution in [-0.4, -0.2) is 8.42 Å². The molecule has 2 nitrogen and oxygen atoms in total. The third-order valence-corrected chi connectivity index (χ3v) is 4.36. The highest BCUT2D eigenvalue weighted by molar-refractivity contribution is 7.89. The van der Waals surface area contributed by atoms with Gasteiger partial charge in [0, 0.05) is 5.56 Å². The molecule has 2 rings (SSSR count). The molecule has 2 aromatic carbocycles. The lowest BCUT2D eigenvalue weighted by molar-refractivity contribution is 0.586. The van der Waals surface area contributed by atoms with Gasteiger partial charge < -0.3 is 0 Å². The Morgan fingerprint density at radius 3 is 2.21 bits per heavy atom. The molecular formula is C15H15FO2S. The monoisotopic (exact) mass is 278 g/mol. The fourth-order valence-electron chi connectivity index (χ4n) is 1.84. The average Bonchev–Trinajstić information content (AvgIpc) is 2.35. The minimum Gasteiger partial charge on any atom is -0.228 e. The number of benzene rings is 2. The van der Waals surface area contributed by atoms with Crippen LogP contribution in [-0.2, 0) is 21.3 Å². The minimum absolute atomic E-state index is 0.0678. The van der Waals surface area contributed by atoms with Crippen molar-refractivity contribution in [1.29, 1.82) is 0 Å². The number of halogens is 1. The maximum atomic E-state index is 13.4. The molecule has 4 heteroatoms. The van der Waals surface area contributed by atoms with Gasteiger partial charge >= 0.3 is 0 Å². The highest BCUT2D eigenvalue weighted by atomic mass is 32.2. The first-order valence-corrected chi connectivity index (χ1v) is 7.78. The second-order valence-corrected chi connectivity index (χ2v) is 6.67. The summed E-state index contributed by atoms with van der Waals surface area (Å²) in [5, 5.41) is 0. The van der Waals surface area contributed by atoms with Crippen LogP contribution in [0.2, 0.25) is 0 Å². The lowest BCUT2D eigenvalue weighted by Gasteiger charge is -2.06. The van der Waals surface area contributed by atoms with Crippen molar-refractivity contribution in [3.05, 3.63) is 71.0 Å². The molecule has 0 fully saturated rings. The second-order valence-electron chi connectivity index (χ2n) is 4.61. The summed E-state index contributed by atoms with van der Waals surface area (Å²) in [5.74, 6) is -0.815. The maximum absolute atomic E-state index is 13.4. The van der Waals surface area contributed by atoms with Gasteiger partial charge in [-0.1, -0.05) is 48.0 Å². The van der Waals surface area contributed by atoms with E-state index in [2.05, 4.69) is 0 Å². The standard InChI is InChI=1S/C15H15FO2S/c1-12-6-8-13(9-7-12)10-19(17,18)11-14-4-2-3-5-15(14)16/h2-9H,10-11H2,1H3. The van der Waals surface area contributed by atoms with Gasteiger partial charge in [0.25, 0.3) is 0 Å². The van der Waals surface area contributed by atoms with Crippen LogP contribution in [0.1, 0.15) is 16.7 Å². The first-order valence-electron chi connectivity index (χ1n) is 5.96. The van der Waals surface area contributed by atoms with E-state index in [0.29, 0.717) is 0 Å². The van der Waals surface area contributed by atoms with E-state index in [0.717, 1.165) is 11.1 Å². The van der Waals surface area contributed by atoms with E-state index in [9.17, 15) is 12.8 Å². The number of hydrogen-bond donors (Lipinski definition) is 0.